The average Bonchev–Trinajstić information content (AvgIpc) is 2.63. The Hall–Kier alpha value is -0.300. The summed E-state index contributed by atoms with van der Waals surface area (Å²) in [6, 6.07) is 0. The molecule has 0 heterocycles. The molecule has 0 aliphatic heterocycles. The highest BCUT2D eigenvalue weighted by atomic mass is 32.2. The molecule has 1 N–H and O–H groups in total. The van der Waals surface area contributed by atoms with Crippen LogP contribution in [0.25, 0.3) is 0 Å². The Morgan fingerprint density at radius 3 is 2.14 bits per heavy atom. The van der Waals surface area contributed by atoms with Gasteiger partial charge in [0.25, 0.3) is 0 Å². The van der Waals surface area contributed by atoms with Gasteiger partial charge in [-0.25, -0.2) is 8.42 Å². The largest absolute Gasteiger partial charge is 0.406 e. The minimum atomic E-state index is -4.27. The van der Waals surface area contributed by atoms with Crippen LogP contribution in [0.1, 0.15) is 12.8 Å². The van der Waals surface area contributed by atoms with Gasteiger partial charge in [0.1, 0.15) is 15.4 Å². The topological polar surface area (TPSA) is 46.2 Å². The molecule has 14 heavy (non-hydrogen) atoms. The molecule has 7 heteroatoms. The lowest BCUT2D eigenvalue weighted by Crippen LogP contribution is -2.46. The molecule has 0 saturated heterocycles. The lowest BCUT2D eigenvalue weighted by Gasteiger charge is -2.20. The Morgan fingerprint density at radius 1 is 1.36 bits per heavy atom. The summed E-state index contributed by atoms with van der Waals surface area (Å²) in [4.78, 5) is 0. The molecule has 1 fully saturated rings. The van der Waals surface area contributed by atoms with Crippen molar-refractivity contribution < 1.29 is 21.6 Å². The second-order valence-corrected chi connectivity index (χ2v) is 5.90. The van der Waals surface area contributed by atoms with E-state index >= 15 is 0 Å². The molecule has 0 radical (unpaired) electrons. The highest BCUT2D eigenvalue weighted by Crippen LogP contribution is 2.48. The van der Waals surface area contributed by atoms with Gasteiger partial charge in [0.05, 0.1) is 5.75 Å². The van der Waals surface area contributed by atoms with Crippen LogP contribution in [0.15, 0.2) is 0 Å². The van der Waals surface area contributed by atoms with E-state index in [1.165, 1.54) is 0 Å². The van der Waals surface area contributed by atoms with Gasteiger partial charge in [-0.3, -0.25) is 0 Å². The smallest absolute Gasteiger partial charge is 0.303 e. The third kappa shape index (κ3) is 2.84. The standard InChI is InChI=1S/C7H12F3NO2S/c1-14(12,13)5-4-11-6(2-3-6)7(8,9)10/h11H,2-5H2,1H3. The first-order valence-electron chi connectivity index (χ1n) is 4.16. The number of sulfone groups is 1. The van der Waals surface area contributed by atoms with Crippen LogP contribution in [0.2, 0.25) is 0 Å². The van der Waals surface area contributed by atoms with E-state index in [2.05, 4.69) is 5.32 Å². The maximum absolute atomic E-state index is 12.3. The van der Waals surface area contributed by atoms with Gasteiger partial charge >= 0.3 is 6.18 Å². The third-order valence-corrected chi connectivity index (χ3v) is 3.17. The molecule has 1 saturated carbocycles. The van der Waals surface area contributed by atoms with E-state index in [0.717, 1.165) is 6.26 Å². The molecule has 84 valence electrons. The molecule has 0 aromatic carbocycles. The first-order chi connectivity index (χ1) is 6.16. The number of alkyl halides is 3. The van der Waals surface area contributed by atoms with E-state index in [0.29, 0.717) is 0 Å². The molecule has 0 atom stereocenters. The van der Waals surface area contributed by atoms with E-state index < -0.39 is 21.6 Å². The molecule has 0 aromatic rings. The summed E-state index contributed by atoms with van der Waals surface area (Å²) < 4.78 is 58.2. The Balaban J connectivity index is 2.40. The van der Waals surface area contributed by atoms with Gasteiger partial charge in [0.2, 0.25) is 0 Å². The van der Waals surface area contributed by atoms with Crippen molar-refractivity contribution in [2.24, 2.45) is 0 Å². The average molecular weight is 231 g/mol. The Kier molecular flexibility index (Phi) is 2.84. The summed E-state index contributed by atoms with van der Waals surface area (Å²) in [6.45, 7) is -0.141. The van der Waals surface area contributed by atoms with Gasteiger partial charge in [-0.1, -0.05) is 0 Å². The summed E-state index contributed by atoms with van der Waals surface area (Å²) in [7, 11) is -3.19. The number of hydrogen-bond acceptors (Lipinski definition) is 3. The van der Waals surface area contributed by atoms with E-state index in [9.17, 15) is 21.6 Å². The van der Waals surface area contributed by atoms with Gasteiger partial charge in [0, 0.05) is 12.8 Å². The highest BCUT2D eigenvalue weighted by molar-refractivity contribution is 7.90. The second-order valence-electron chi connectivity index (χ2n) is 3.64. The summed E-state index contributed by atoms with van der Waals surface area (Å²) in [5, 5.41) is 2.26. The van der Waals surface area contributed by atoms with Gasteiger partial charge in [0.15, 0.2) is 0 Å². The monoisotopic (exact) mass is 231 g/mol. The van der Waals surface area contributed by atoms with Crippen LogP contribution >= 0.6 is 0 Å². The number of halogens is 3. The minimum Gasteiger partial charge on any atom is -0.303 e. The lowest BCUT2D eigenvalue weighted by molar-refractivity contribution is -0.165. The van der Waals surface area contributed by atoms with Crippen molar-refractivity contribution in [3.8, 4) is 0 Å². The predicted molar refractivity (Wildman–Crippen MR) is 45.7 cm³/mol. The number of nitrogens with one attached hydrogen (secondary N) is 1. The molecule has 0 aromatic heterocycles. The van der Waals surface area contributed by atoms with Crippen molar-refractivity contribution in [3.05, 3.63) is 0 Å². The van der Waals surface area contributed by atoms with Gasteiger partial charge in [-0.15, -0.1) is 0 Å². The quantitative estimate of drug-likeness (QED) is 0.775. The van der Waals surface area contributed by atoms with Crippen LogP contribution in [0.3, 0.4) is 0 Å². The molecule has 0 spiro atoms. The van der Waals surface area contributed by atoms with Gasteiger partial charge in [-0.05, 0) is 12.8 Å². The summed E-state index contributed by atoms with van der Waals surface area (Å²) >= 11 is 0. The highest BCUT2D eigenvalue weighted by Gasteiger charge is 2.62. The van der Waals surface area contributed by atoms with E-state index in [4.69, 9.17) is 0 Å². The maximum atomic E-state index is 12.3. The molecule has 3 nitrogen and oxygen atoms in total. The van der Waals surface area contributed by atoms with Crippen molar-refractivity contribution in [1.82, 2.24) is 5.32 Å². The zero-order valence-corrected chi connectivity index (χ0v) is 8.50. The fraction of sp³-hybridized carbons (Fsp3) is 1.00. The molecule has 0 unspecified atom stereocenters. The molecule has 0 bridgehead atoms. The van der Waals surface area contributed by atoms with Crippen LogP contribution in [0.4, 0.5) is 13.2 Å². The van der Waals surface area contributed by atoms with E-state index in [1.807, 2.05) is 0 Å². The van der Waals surface area contributed by atoms with Crippen LogP contribution in [0.5, 0.6) is 0 Å². The molecule has 1 rings (SSSR count). The maximum Gasteiger partial charge on any atom is 0.406 e. The fourth-order valence-electron chi connectivity index (χ4n) is 1.16. The second kappa shape index (κ2) is 3.37. The Bertz CT molecular complexity index is 305. The summed E-state index contributed by atoms with van der Waals surface area (Å²) in [5.74, 6) is -0.259. The first kappa shape index (κ1) is 11.8. The molecule has 1 aliphatic rings. The minimum absolute atomic E-state index is 0.0419. The summed E-state index contributed by atoms with van der Waals surface area (Å²) in [5.41, 5.74) is -1.81. The van der Waals surface area contributed by atoms with Crippen molar-refractivity contribution in [2.45, 2.75) is 24.6 Å². The fourth-order valence-corrected chi connectivity index (χ4v) is 1.63. The van der Waals surface area contributed by atoms with E-state index in [-0.39, 0.29) is 25.1 Å². The molecular weight excluding hydrogens is 219 g/mol. The van der Waals surface area contributed by atoms with Crippen LogP contribution in [0, 0.1) is 0 Å². The number of hydrogen-bond donors (Lipinski definition) is 1. The SMILES string of the molecule is CS(=O)(=O)CCNC1(C(F)(F)F)CC1. The van der Waals surface area contributed by atoms with Crippen LogP contribution in [-0.4, -0.2) is 38.7 Å². The van der Waals surface area contributed by atoms with E-state index in [1.54, 1.807) is 0 Å². The van der Waals surface area contributed by atoms with Crippen LogP contribution < -0.4 is 5.32 Å². The van der Waals surface area contributed by atoms with Crippen molar-refractivity contribution in [1.29, 1.82) is 0 Å². The molecular formula is C7H12F3NO2S. The van der Waals surface area contributed by atoms with Crippen molar-refractivity contribution in [2.75, 3.05) is 18.6 Å². The van der Waals surface area contributed by atoms with Crippen molar-refractivity contribution >= 4 is 9.84 Å². The lowest BCUT2D eigenvalue weighted by atomic mass is 10.2. The first-order valence-corrected chi connectivity index (χ1v) is 6.22. The number of rotatable bonds is 4. The zero-order valence-electron chi connectivity index (χ0n) is 7.69. The Labute approximate surface area is 80.6 Å². The van der Waals surface area contributed by atoms with Gasteiger partial charge < -0.3 is 5.32 Å². The normalized spacial score (nSPS) is 20.9. The predicted octanol–water partition coefficient (Wildman–Crippen LogP) is 0.716. The van der Waals surface area contributed by atoms with Crippen molar-refractivity contribution in [3.63, 3.8) is 0 Å². The Morgan fingerprint density at radius 2 is 1.86 bits per heavy atom. The third-order valence-electron chi connectivity index (χ3n) is 2.23. The van der Waals surface area contributed by atoms with Crippen LogP contribution in [-0.2, 0) is 9.84 Å². The zero-order chi connectivity index (χ0) is 11.0. The van der Waals surface area contributed by atoms with Gasteiger partial charge in [-0.2, -0.15) is 13.2 Å². The molecule has 0 amide bonds. The molecule has 1 aliphatic carbocycles. The summed E-state index contributed by atoms with van der Waals surface area (Å²) in [6.07, 6.45) is -3.19.